The Hall–Kier alpha value is -3.26. The molecule has 2 N–H and O–H groups in total. The maximum atomic E-state index is 11.4. The fourth-order valence-corrected chi connectivity index (χ4v) is 3.04. The number of benzene rings is 1. The minimum absolute atomic E-state index is 0.248. The number of nitrogens with two attached hydrogens (primary N) is 1. The van der Waals surface area contributed by atoms with Gasteiger partial charge in [0.2, 0.25) is 11.8 Å². The van der Waals surface area contributed by atoms with Gasteiger partial charge in [0.15, 0.2) is 11.3 Å². The Bertz CT molecular complexity index is 1190. The SMILES string of the molecule is COc1ccc2nnc3c(C)nc(-c4ccc(C(N)=O)c(Cl)c4)n3c2n1. The van der Waals surface area contributed by atoms with Gasteiger partial charge in [0, 0.05) is 11.6 Å². The van der Waals surface area contributed by atoms with Crippen molar-refractivity contribution in [1.29, 1.82) is 0 Å². The fraction of sp³-hybridized carbons (Fsp3) is 0.118. The normalized spacial score (nSPS) is 11.2. The van der Waals surface area contributed by atoms with Gasteiger partial charge in [-0.25, -0.2) is 4.98 Å². The quantitative estimate of drug-likeness (QED) is 0.594. The second-order valence-corrected chi connectivity index (χ2v) is 6.04. The molecule has 1 amide bonds. The van der Waals surface area contributed by atoms with Crippen molar-refractivity contribution in [3.05, 3.63) is 46.6 Å². The summed E-state index contributed by atoms with van der Waals surface area (Å²) in [6.45, 7) is 1.83. The summed E-state index contributed by atoms with van der Waals surface area (Å²) in [7, 11) is 1.54. The number of hydrogen-bond donors (Lipinski definition) is 1. The van der Waals surface area contributed by atoms with Crippen LogP contribution < -0.4 is 10.5 Å². The number of pyridine rings is 1. The van der Waals surface area contributed by atoms with Crippen LogP contribution in [0.15, 0.2) is 30.3 Å². The minimum atomic E-state index is -0.589. The molecule has 0 atom stereocenters. The Labute approximate surface area is 152 Å². The number of carbonyl (C=O) groups is 1. The molecule has 1 aromatic carbocycles. The van der Waals surface area contributed by atoms with Crippen LogP contribution in [0.2, 0.25) is 5.02 Å². The number of ether oxygens (including phenoxy) is 1. The first-order valence-electron chi connectivity index (χ1n) is 7.66. The summed E-state index contributed by atoms with van der Waals surface area (Å²) in [6, 6.07) is 8.43. The van der Waals surface area contributed by atoms with Crippen LogP contribution in [-0.4, -0.2) is 37.6 Å². The maximum Gasteiger partial charge on any atom is 0.250 e. The van der Waals surface area contributed by atoms with Crippen molar-refractivity contribution >= 4 is 34.3 Å². The van der Waals surface area contributed by atoms with E-state index in [-0.39, 0.29) is 10.6 Å². The first-order valence-corrected chi connectivity index (χ1v) is 8.03. The van der Waals surface area contributed by atoms with Gasteiger partial charge in [0.25, 0.3) is 0 Å². The smallest absolute Gasteiger partial charge is 0.250 e. The van der Waals surface area contributed by atoms with Crippen LogP contribution in [0.25, 0.3) is 28.2 Å². The number of fused-ring (bicyclic) bond motifs is 3. The monoisotopic (exact) mass is 368 g/mol. The third kappa shape index (κ3) is 2.42. The first kappa shape index (κ1) is 16.2. The van der Waals surface area contributed by atoms with Crippen molar-refractivity contribution in [2.45, 2.75) is 6.92 Å². The van der Waals surface area contributed by atoms with Crippen molar-refractivity contribution in [3.63, 3.8) is 0 Å². The minimum Gasteiger partial charge on any atom is -0.481 e. The zero-order chi connectivity index (χ0) is 18.4. The van der Waals surface area contributed by atoms with Gasteiger partial charge in [0.05, 0.1) is 23.4 Å². The number of halogens is 1. The van der Waals surface area contributed by atoms with Crippen molar-refractivity contribution in [3.8, 4) is 17.3 Å². The highest BCUT2D eigenvalue weighted by Crippen LogP contribution is 2.28. The number of hydrogen-bond acceptors (Lipinski definition) is 6. The van der Waals surface area contributed by atoms with Gasteiger partial charge in [-0.15, -0.1) is 10.2 Å². The lowest BCUT2D eigenvalue weighted by Gasteiger charge is -2.07. The largest absolute Gasteiger partial charge is 0.481 e. The molecular weight excluding hydrogens is 356 g/mol. The topological polar surface area (TPSA) is 108 Å². The number of amides is 1. The molecule has 0 saturated carbocycles. The molecule has 0 radical (unpaired) electrons. The molecule has 4 rings (SSSR count). The Morgan fingerprint density at radius 1 is 1.15 bits per heavy atom. The molecule has 0 aliphatic heterocycles. The second-order valence-electron chi connectivity index (χ2n) is 5.64. The summed E-state index contributed by atoms with van der Waals surface area (Å²) in [5, 5.41) is 8.68. The van der Waals surface area contributed by atoms with E-state index < -0.39 is 5.91 Å². The highest BCUT2D eigenvalue weighted by Gasteiger charge is 2.18. The predicted octanol–water partition coefficient (Wildman–Crippen LogP) is 2.41. The van der Waals surface area contributed by atoms with Gasteiger partial charge in [-0.3, -0.25) is 9.20 Å². The molecule has 9 heteroatoms. The predicted molar refractivity (Wildman–Crippen MR) is 96.3 cm³/mol. The van der Waals surface area contributed by atoms with E-state index in [0.717, 1.165) is 0 Å². The van der Waals surface area contributed by atoms with Crippen molar-refractivity contribution < 1.29 is 9.53 Å². The van der Waals surface area contributed by atoms with Crippen LogP contribution in [0.1, 0.15) is 16.1 Å². The average Bonchev–Trinajstić information content (AvgIpc) is 2.98. The van der Waals surface area contributed by atoms with Gasteiger partial charge < -0.3 is 10.5 Å². The lowest BCUT2D eigenvalue weighted by Crippen LogP contribution is -2.11. The molecule has 0 fully saturated rings. The van der Waals surface area contributed by atoms with Crippen molar-refractivity contribution in [2.75, 3.05) is 7.11 Å². The van der Waals surface area contributed by atoms with Gasteiger partial charge in [0.1, 0.15) is 11.3 Å². The van der Waals surface area contributed by atoms with Crippen LogP contribution in [-0.2, 0) is 0 Å². The summed E-state index contributed by atoms with van der Waals surface area (Å²) in [5.74, 6) is 0.440. The molecule has 0 saturated heterocycles. The zero-order valence-electron chi connectivity index (χ0n) is 13.9. The number of rotatable bonds is 3. The van der Waals surface area contributed by atoms with E-state index in [9.17, 15) is 4.79 Å². The van der Waals surface area contributed by atoms with Gasteiger partial charge in [-0.05, 0) is 25.1 Å². The number of imidazole rings is 1. The van der Waals surface area contributed by atoms with E-state index in [2.05, 4.69) is 20.2 Å². The third-order valence-electron chi connectivity index (χ3n) is 4.02. The van der Waals surface area contributed by atoms with Crippen molar-refractivity contribution in [1.82, 2.24) is 24.6 Å². The second kappa shape index (κ2) is 5.92. The maximum absolute atomic E-state index is 11.4. The summed E-state index contributed by atoms with van der Waals surface area (Å²) in [6.07, 6.45) is 0. The molecule has 8 nitrogen and oxygen atoms in total. The molecule has 4 aromatic rings. The van der Waals surface area contributed by atoms with Crippen LogP contribution in [0.4, 0.5) is 0 Å². The molecule has 3 heterocycles. The van der Waals surface area contributed by atoms with E-state index in [1.54, 1.807) is 41.8 Å². The number of aryl methyl sites for hydroxylation is 1. The molecule has 0 aliphatic rings. The van der Waals surface area contributed by atoms with E-state index in [1.165, 1.54) is 0 Å². The molecule has 130 valence electrons. The Kier molecular flexibility index (Phi) is 3.69. The number of primary amides is 1. The van der Waals surface area contributed by atoms with Crippen LogP contribution in [0, 0.1) is 6.92 Å². The molecule has 0 aliphatic carbocycles. The molecule has 0 bridgehead atoms. The molecule has 0 unspecified atom stereocenters. The van der Waals surface area contributed by atoms with Gasteiger partial charge in [-0.2, -0.15) is 4.98 Å². The lowest BCUT2D eigenvalue weighted by atomic mass is 10.1. The number of carbonyl (C=O) groups excluding carboxylic acids is 1. The van der Waals surface area contributed by atoms with Crippen molar-refractivity contribution in [2.24, 2.45) is 5.73 Å². The highest BCUT2D eigenvalue weighted by atomic mass is 35.5. The van der Waals surface area contributed by atoms with Gasteiger partial charge in [-0.1, -0.05) is 17.7 Å². The average molecular weight is 369 g/mol. The van der Waals surface area contributed by atoms with Crippen LogP contribution in [0.3, 0.4) is 0 Å². The molecule has 3 aromatic heterocycles. The van der Waals surface area contributed by atoms with E-state index in [0.29, 0.717) is 39.8 Å². The lowest BCUT2D eigenvalue weighted by molar-refractivity contribution is 0.100. The van der Waals surface area contributed by atoms with E-state index in [1.807, 2.05) is 6.92 Å². The summed E-state index contributed by atoms with van der Waals surface area (Å²) < 4.78 is 7.01. The number of nitrogens with zero attached hydrogens (tertiary/aromatic N) is 5. The Morgan fingerprint density at radius 2 is 1.96 bits per heavy atom. The molecule has 26 heavy (non-hydrogen) atoms. The van der Waals surface area contributed by atoms with Gasteiger partial charge >= 0.3 is 0 Å². The standard InChI is InChI=1S/C17H13ClN6O2/c1-8-15-23-22-12-5-6-13(26-2)21-17(12)24(15)16(20-8)9-3-4-10(14(19)25)11(18)7-9/h3-7H,1-2H3,(H2,19,25). The zero-order valence-corrected chi connectivity index (χ0v) is 14.7. The van der Waals surface area contributed by atoms with Crippen LogP contribution >= 0.6 is 11.6 Å². The summed E-state index contributed by atoms with van der Waals surface area (Å²) in [4.78, 5) is 20.5. The number of methoxy groups -OCH3 is 1. The summed E-state index contributed by atoms with van der Waals surface area (Å²) >= 11 is 6.20. The summed E-state index contributed by atoms with van der Waals surface area (Å²) in [5.41, 5.74) is 8.67. The molecule has 0 spiro atoms. The Balaban J connectivity index is 2.05. The fourth-order valence-electron chi connectivity index (χ4n) is 2.77. The van der Waals surface area contributed by atoms with E-state index in [4.69, 9.17) is 22.1 Å². The van der Waals surface area contributed by atoms with E-state index >= 15 is 0 Å². The van der Waals surface area contributed by atoms with Crippen LogP contribution in [0.5, 0.6) is 5.88 Å². The Morgan fingerprint density at radius 3 is 2.65 bits per heavy atom. The first-order chi connectivity index (χ1) is 12.5. The third-order valence-corrected chi connectivity index (χ3v) is 4.33. The number of aromatic nitrogens is 5. The highest BCUT2D eigenvalue weighted by molar-refractivity contribution is 6.34. The molecular formula is C17H13ClN6O2.